The Morgan fingerprint density at radius 2 is 2.41 bits per heavy atom. The van der Waals surface area contributed by atoms with Gasteiger partial charge in [0, 0.05) is 17.6 Å². The lowest BCUT2D eigenvalue weighted by atomic mass is 10.1. The van der Waals surface area contributed by atoms with Crippen LogP contribution >= 0.6 is 11.6 Å². The van der Waals surface area contributed by atoms with E-state index in [9.17, 15) is 0 Å². The van der Waals surface area contributed by atoms with Crippen LogP contribution in [0.4, 0.5) is 5.69 Å². The van der Waals surface area contributed by atoms with Gasteiger partial charge in [-0.3, -0.25) is 0 Å². The Bertz CT molecular complexity index is 419. The van der Waals surface area contributed by atoms with Gasteiger partial charge in [-0.2, -0.15) is 5.26 Å². The summed E-state index contributed by atoms with van der Waals surface area (Å²) in [5.74, 6) is 0. The van der Waals surface area contributed by atoms with Gasteiger partial charge in [-0.15, -0.1) is 0 Å². The first-order valence-corrected chi connectivity index (χ1v) is 6.34. The van der Waals surface area contributed by atoms with Crippen molar-refractivity contribution in [2.75, 3.05) is 18.4 Å². The maximum Gasteiger partial charge on any atom is 0.101 e. The van der Waals surface area contributed by atoms with Crippen LogP contribution in [0.5, 0.6) is 0 Å². The lowest BCUT2D eigenvalue weighted by Gasteiger charge is -2.12. The average molecular weight is 250 g/mol. The van der Waals surface area contributed by atoms with Gasteiger partial charge >= 0.3 is 0 Å². The number of halogens is 1. The summed E-state index contributed by atoms with van der Waals surface area (Å²) in [4.78, 5) is 0. The Kier molecular flexibility index (Phi) is 4.24. The highest BCUT2D eigenvalue weighted by molar-refractivity contribution is 6.30. The minimum absolute atomic E-state index is 0.618. The molecule has 0 amide bonds. The molecule has 3 nitrogen and oxygen atoms in total. The molecule has 0 bridgehead atoms. The summed E-state index contributed by atoms with van der Waals surface area (Å²) in [5.41, 5.74) is 1.48. The van der Waals surface area contributed by atoms with Crippen molar-refractivity contribution in [1.29, 1.82) is 5.26 Å². The second-order valence-corrected chi connectivity index (χ2v) is 4.75. The van der Waals surface area contributed by atoms with Gasteiger partial charge in [0.05, 0.1) is 11.3 Å². The SMILES string of the molecule is N#Cc1ccc(Cl)cc1NCCC1CCCN1. The lowest BCUT2D eigenvalue weighted by Crippen LogP contribution is -2.24. The monoisotopic (exact) mass is 249 g/mol. The van der Waals surface area contributed by atoms with Crippen molar-refractivity contribution < 1.29 is 0 Å². The predicted octanol–water partition coefficient (Wildman–Crippen LogP) is 2.77. The van der Waals surface area contributed by atoms with Gasteiger partial charge < -0.3 is 10.6 Å². The van der Waals surface area contributed by atoms with Gasteiger partial charge in [0.15, 0.2) is 0 Å². The van der Waals surface area contributed by atoms with Gasteiger partial charge in [0.1, 0.15) is 6.07 Å². The van der Waals surface area contributed by atoms with E-state index in [0.29, 0.717) is 16.6 Å². The van der Waals surface area contributed by atoms with E-state index in [-0.39, 0.29) is 0 Å². The number of nitrogens with one attached hydrogen (secondary N) is 2. The molecule has 1 aliphatic rings. The number of hydrogen-bond acceptors (Lipinski definition) is 3. The molecular formula is C13H16ClN3. The Hall–Kier alpha value is -1.24. The van der Waals surface area contributed by atoms with Crippen LogP contribution in [0.25, 0.3) is 0 Å². The molecule has 0 aliphatic carbocycles. The van der Waals surface area contributed by atoms with Gasteiger partial charge in [-0.05, 0) is 44.0 Å². The van der Waals surface area contributed by atoms with Gasteiger partial charge in [-0.1, -0.05) is 11.6 Å². The molecule has 1 unspecified atom stereocenters. The Balaban J connectivity index is 1.89. The van der Waals surface area contributed by atoms with Crippen molar-refractivity contribution in [1.82, 2.24) is 5.32 Å². The van der Waals surface area contributed by atoms with Crippen LogP contribution in [0, 0.1) is 11.3 Å². The number of anilines is 1. The van der Waals surface area contributed by atoms with E-state index in [1.165, 1.54) is 12.8 Å². The molecule has 1 saturated heterocycles. The number of hydrogen-bond donors (Lipinski definition) is 2. The maximum absolute atomic E-state index is 8.97. The molecule has 1 heterocycles. The molecular weight excluding hydrogens is 234 g/mol. The Labute approximate surface area is 107 Å². The number of nitrogens with zero attached hydrogens (tertiary/aromatic N) is 1. The summed E-state index contributed by atoms with van der Waals surface area (Å²) < 4.78 is 0. The van der Waals surface area contributed by atoms with Crippen LogP contribution in [-0.2, 0) is 0 Å². The van der Waals surface area contributed by atoms with Crippen molar-refractivity contribution in [2.45, 2.75) is 25.3 Å². The average Bonchev–Trinajstić information content (AvgIpc) is 2.82. The highest BCUT2D eigenvalue weighted by atomic mass is 35.5. The molecule has 17 heavy (non-hydrogen) atoms. The molecule has 0 saturated carbocycles. The zero-order valence-corrected chi connectivity index (χ0v) is 10.4. The van der Waals surface area contributed by atoms with Crippen molar-refractivity contribution >= 4 is 17.3 Å². The molecule has 0 radical (unpaired) electrons. The summed E-state index contributed by atoms with van der Waals surface area (Å²) in [6.45, 7) is 2.00. The molecule has 2 N–H and O–H groups in total. The second-order valence-electron chi connectivity index (χ2n) is 4.31. The fourth-order valence-electron chi connectivity index (χ4n) is 2.14. The minimum atomic E-state index is 0.618. The normalized spacial score (nSPS) is 18.9. The Morgan fingerprint density at radius 3 is 3.12 bits per heavy atom. The van der Waals surface area contributed by atoms with Crippen molar-refractivity contribution in [3.05, 3.63) is 28.8 Å². The van der Waals surface area contributed by atoms with Crippen LogP contribution in [0.15, 0.2) is 18.2 Å². The first kappa shape index (κ1) is 12.2. The zero-order valence-electron chi connectivity index (χ0n) is 9.67. The minimum Gasteiger partial charge on any atom is -0.384 e. The van der Waals surface area contributed by atoms with Crippen LogP contribution in [-0.4, -0.2) is 19.1 Å². The summed E-state index contributed by atoms with van der Waals surface area (Å²) in [7, 11) is 0. The maximum atomic E-state index is 8.97. The van der Waals surface area contributed by atoms with Crippen LogP contribution in [0.3, 0.4) is 0 Å². The van der Waals surface area contributed by atoms with Gasteiger partial charge in [-0.25, -0.2) is 0 Å². The van der Waals surface area contributed by atoms with Gasteiger partial charge in [0.25, 0.3) is 0 Å². The molecule has 1 aliphatic heterocycles. The lowest BCUT2D eigenvalue weighted by molar-refractivity contribution is 0.574. The quantitative estimate of drug-likeness (QED) is 0.863. The third kappa shape index (κ3) is 3.36. The molecule has 90 valence electrons. The smallest absolute Gasteiger partial charge is 0.101 e. The van der Waals surface area contributed by atoms with E-state index in [4.69, 9.17) is 16.9 Å². The summed E-state index contributed by atoms with van der Waals surface area (Å²) in [6, 6.07) is 8.08. The highest BCUT2D eigenvalue weighted by Gasteiger charge is 2.13. The van der Waals surface area contributed by atoms with Crippen molar-refractivity contribution in [3.8, 4) is 6.07 Å². The zero-order chi connectivity index (χ0) is 12.1. The van der Waals surface area contributed by atoms with E-state index in [2.05, 4.69) is 16.7 Å². The summed E-state index contributed by atoms with van der Waals surface area (Å²) in [5, 5.41) is 16.4. The van der Waals surface area contributed by atoms with Crippen LogP contribution < -0.4 is 10.6 Å². The standard InChI is InChI=1S/C13H16ClN3/c14-11-4-3-10(9-15)13(8-11)17-7-5-12-2-1-6-16-12/h3-4,8,12,16-17H,1-2,5-7H2. The number of benzene rings is 1. The molecule has 1 fully saturated rings. The topological polar surface area (TPSA) is 47.9 Å². The third-order valence-electron chi connectivity index (χ3n) is 3.07. The fraction of sp³-hybridized carbons (Fsp3) is 0.462. The van der Waals surface area contributed by atoms with E-state index < -0.39 is 0 Å². The first-order chi connectivity index (χ1) is 8.29. The first-order valence-electron chi connectivity index (χ1n) is 5.96. The number of nitriles is 1. The largest absolute Gasteiger partial charge is 0.384 e. The molecule has 0 aromatic heterocycles. The highest BCUT2D eigenvalue weighted by Crippen LogP contribution is 2.20. The summed E-state index contributed by atoms with van der Waals surface area (Å²) >= 11 is 5.92. The molecule has 0 spiro atoms. The van der Waals surface area contributed by atoms with Crippen LogP contribution in [0.2, 0.25) is 5.02 Å². The van der Waals surface area contributed by atoms with Gasteiger partial charge in [0.2, 0.25) is 0 Å². The number of rotatable bonds is 4. The molecule has 2 rings (SSSR count). The van der Waals surface area contributed by atoms with Crippen molar-refractivity contribution in [2.24, 2.45) is 0 Å². The van der Waals surface area contributed by atoms with E-state index in [0.717, 1.165) is 25.2 Å². The van der Waals surface area contributed by atoms with Crippen LogP contribution in [0.1, 0.15) is 24.8 Å². The van der Waals surface area contributed by atoms with E-state index in [1.54, 1.807) is 12.1 Å². The third-order valence-corrected chi connectivity index (χ3v) is 3.31. The summed E-state index contributed by atoms with van der Waals surface area (Å²) in [6.07, 6.45) is 3.60. The van der Waals surface area contributed by atoms with E-state index >= 15 is 0 Å². The Morgan fingerprint density at radius 1 is 1.53 bits per heavy atom. The van der Waals surface area contributed by atoms with E-state index in [1.807, 2.05) is 6.07 Å². The predicted molar refractivity (Wildman–Crippen MR) is 70.3 cm³/mol. The molecule has 1 atom stereocenters. The second kappa shape index (κ2) is 5.90. The molecule has 4 heteroatoms. The molecule has 1 aromatic rings. The molecule has 1 aromatic carbocycles. The van der Waals surface area contributed by atoms with Crippen molar-refractivity contribution in [3.63, 3.8) is 0 Å². The fourth-order valence-corrected chi connectivity index (χ4v) is 2.32.